The van der Waals surface area contributed by atoms with Crippen LogP contribution in [0.5, 0.6) is 0 Å². The van der Waals surface area contributed by atoms with Gasteiger partial charge in [-0.15, -0.1) is 17.9 Å². The zero-order valence-corrected chi connectivity index (χ0v) is 15.3. The van der Waals surface area contributed by atoms with Crippen molar-refractivity contribution in [1.82, 2.24) is 9.55 Å². The van der Waals surface area contributed by atoms with E-state index in [2.05, 4.69) is 41.4 Å². The SMILES string of the molecule is C=CCn1c(C)cc(-c2csc(NC(=O)Cc3ccsc3)n2)c1C. The number of thiophene rings is 1. The van der Waals surface area contributed by atoms with Crippen LogP contribution in [0.2, 0.25) is 0 Å². The number of anilines is 1. The molecule has 3 heterocycles. The summed E-state index contributed by atoms with van der Waals surface area (Å²) in [6.45, 7) is 8.75. The van der Waals surface area contributed by atoms with Crippen molar-refractivity contribution in [2.45, 2.75) is 26.8 Å². The number of rotatable bonds is 6. The summed E-state index contributed by atoms with van der Waals surface area (Å²) in [5, 5.41) is 9.47. The van der Waals surface area contributed by atoms with Crippen LogP contribution in [0.1, 0.15) is 17.0 Å². The van der Waals surface area contributed by atoms with Gasteiger partial charge in [-0.2, -0.15) is 11.3 Å². The number of carbonyl (C=O) groups is 1. The van der Waals surface area contributed by atoms with Gasteiger partial charge < -0.3 is 9.88 Å². The maximum Gasteiger partial charge on any atom is 0.230 e. The summed E-state index contributed by atoms with van der Waals surface area (Å²) in [4.78, 5) is 16.7. The van der Waals surface area contributed by atoms with Crippen LogP contribution in [0.15, 0.2) is 40.9 Å². The van der Waals surface area contributed by atoms with E-state index in [4.69, 9.17) is 0 Å². The molecule has 124 valence electrons. The second kappa shape index (κ2) is 7.15. The van der Waals surface area contributed by atoms with Crippen molar-refractivity contribution >= 4 is 33.7 Å². The number of thiazole rings is 1. The molecule has 0 saturated heterocycles. The Morgan fingerprint density at radius 3 is 2.96 bits per heavy atom. The van der Waals surface area contributed by atoms with E-state index in [1.807, 2.05) is 28.3 Å². The number of aryl methyl sites for hydroxylation is 1. The number of allylic oxidation sites excluding steroid dienone is 1. The van der Waals surface area contributed by atoms with Gasteiger partial charge >= 0.3 is 0 Å². The van der Waals surface area contributed by atoms with Gasteiger partial charge in [-0.05, 0) is 42.3 Å². The number of nitrogens with zero attached hydrogens (tertiary/aromatic N) is 2. The average molecular weight is 358 g/mol. The van der Waals surface area contributed by atoms with Crippen LogP contribution >= 0.6 is 22.7 Å². The minimum Gasteiger partial charge on any atom is -0.345 e. The van der Waals surface area contributed by atoms with Crippen molar-refractivity contribution in [3.05, 3.63) is 57.9 Å². The lowest BCUT2D eigenvalue weighted by atomic mass is 10.2. The topological polar surface area (TPSA) is 46.9 Å². The number of aromatic nitrogens is 2. The zero-order chi connectivity index (χ0) is 17.1. The predicted octanol–water partition coefficient (Wildman–Crippen LogP) is 4.66. The summed E-state index contributed by atoms with van der Waals surface area (Å²) in [5.74, 6) is -0.0357. The Labute approximate surface area is 149 Å². The molecule has 24 heavy (non-hydrogen) atoms. The Balaban J connectivity index is 1.75. The molecule has 3 aromatic heterocycles. The normalized spacial score (nSPS) is 10.8. The number of nitrogens with one attached hydrogen (secondary N) is 1. The molecule has 3 aromatic rings. The van der Waals surface area contributed by atoms with E-state index in [0.29, 0.717) is 11.6 Å². The highest BCUT2D eigenvalue weighted by molar-refractivity contribution is 7.14. The monoisotopic (exact) mass is 357 g/mol. The van der Waals surface area contributed by atoms with Gasteiger partial charge in [0.1, 0.15) is 0 Å². The Hall–Kier alpha value is -2.18. The van der Waals surface area contributed by atoms with Crippen LogP contribution in [0.3, 0.4) is 0 Å². The van der Waals surface area contributed by atoms with Gasteiger partial charge in [0.25, 0.3) is 0 Å². The fourth-order valence-corrected chi connectivity index (χ4v) is 4.06. The lowest BCUT2D eigenvalue weighted by molar-refractivity contribution is -0.115. The molecular weight excluding hydrogens is 338 g/mol. The van der Waals surface area contributed by atoms with Crippen molar-refractivity contribution in [1.29, 1.82) is 0 Å². The first-order valence-corrected chi connectivity index (χ1v) is 9.45. The lowest BCUT2D eigenvalue weighted by Gasteiger charge is -2.05. The number of amides is 1. The van der Waals surface area contributed by atoms with E-state index < -0.39 is 0 Å². The molecule has 0 spiro atoms. The van der Waals surface area contributed by atoms with Crippen LogP contribution < -0.4 is 5.32 Å². The maximum atomic E-state index is 12.1. The van der Waals surface area contributed by atoms with Gasteiger partial charge in [-0.1, -0.05) is 6.08 Å². The molecule has 0 aliphatic rings. The van der Waals surface area contributed by atoms with E-state index in [0.717, 1.165) is 29.1 Å². The third kappa shape index (κ3) is 3.49. The first-order chi connectivity index (χ1) is 11.6. The number of carbonyl (C=O) groups excluding carboxylic acids is 1. The van der Waals surface area contributed by atoms with Crippen LogP contribution in [-0.4, -0.2) is 15.5 Å². The second-order valence-corrected chi connectivity index (χ2v) is 7.22. The quantitative estimate of drug-likeness (QED) is 0.652. The predicted molar refractivity (Wildman–Crippen MR) is 102 cm³/mol. The summed E-state index contributed by atoms with van der Waals surface area (Å²) in [7, 11) is 0. The molecule has 0 radical (unpaired) electrons. The van der Waals surface area contributed by atoms with Crippen LogP contribution in [0.4, 0.5) is 5.13 Å². The summed E-state index contributed by atoms with van der Waals surface area (Å²) < 4.78 is 2.20. The van der Waals surface area contributed by atoms with E-state index in [-0.39, 0.29) is 5.91 Å². The molecule has 0 aliphatic heterocycles. The second-order valence-electron chi connectivity index (χ2n) is 5.58. The molecule has 1 amide bonds. The molecule has 0 unspecified atom stereocenters. The smallest absolute Gasteiger partial charge is 0.230 e. The van der Waals surface area contributed by atoms with E-state index in [1.165, 1.54) is 17.0 Å². The maximum absolute atomic E-state index is 12.1. The molecule has 0 atom stereocenters. The van der Waals surface area contributed by atoms with Crippen LogP contribution in [0, 0.1) is 13.8 Å². The van der Waals surface area contributed by atoms with E-state index in [9.17, 15) is 4.79 Å². The summed E-state index contributed by atoms with van der Waals surface area (Å²) in [6.07, 6.45) is 2.27. The molecule has 6 heteroatoms. The van der Waals surface area contributed by atoms with Crippen molar-refractivity contribution in [2.24, 2.45) is 0 Å². The van der Waals surface area contributed by atoms with Gasteiger partial charge in [-0.25, -0.2) is 4.98 Å². The lowest BCUT2D eigenvalue weighted by Crippen LogP contribution is -2.13. The van der Waals surface area contributed by atoms with Gasteiger partial charge in [0.15, 0.2) is 5.13 Å². The van der Waals surface area contributed by atoms with E-state index in [1.54, 1.807) is 11.3 Å². The first-order valence-electron chi connectivity index (χ1n) is 7.63. The van der Waals surface area contributed by atoms with Crippen molar-refractivity contribution < 1.29 is 4.79 Å². The standard InChI is InChI=1S/C18H19N3OS2/c1-4-6-21-12(2)8-15(13(21)3)16-11-24-18(19-16)20-17(22)9-14-5-7-23-10-14/h4-5,7-8,10-11H,1,6,9H2,2-3H3,(H,19,20,22). The molecular formula is C18H19N3OS2. The summed E-state index contributed by atoms with van der Waals surface area (Å²) >= 11 is 3.05. The highest BCUT2D eigenvalue weighted by Crippen LogP contribution is 2.30. The largest absolute Gasteiger partial charge is 0.345 e. The van der Waals surface area contributed by atoms with Crippen LogP contribution in [0.25, 0.3) is 11.3 Å². The molecule has 1 N–H and O–H groups in total. The zero-order valence-electron chi connectivity index (χ0n) is 13.7. The fraction of sp³-hybridized carbons (Fsp3) is 0.222. The van der Waals surface area contributed by atoms with Gasteiger partial charge in [-0.3, -0.25) is 4.79 Å². The number of hydrogen-bond acceptors (Lipinski definition) is 4. The average Bonchev–Trinajstić information content (AvgIpc) is 3.25. The molecule has 0 aliphatic carbocycles. The summed E-state index contributed by atoms with van der Waals surface area (Å²) in [5.41, 5.74) is 5.37. The minimum atomic E-state index is -0.0357. The molecule has 0 bridgehead atoms. The Morgan fingerprint density at radius 2 is 2.25 bits per heavy atom. The van der Waals surface area contributed by atoms with Crippen molar-refractivity contribution in [3.8, 4) is 11.3 Å². The van der Waals surface area contributed by atoms with Gasteiger partial charge in [0.2, 0.25) is 5.91 Å². The Morgan fingerprint density at radius 1 is 1.42 bits per heavy atom. The molecule has 0 fully saturated rings. The third-order valence-corrected chi connectivity index (χ3v) is 5.35. The molecule has 3 rings (SSSR count). The molecule has 0 aromatic carbocycles. The Bertz CT molecular complexity index is 859. The first kappa shape index (κ1) is 16.7. The minimum absolute atomic E-state index is 0.0357. The Kier molecular flexibility index (Phi) is 4.97. The van der Waals surface area contributed by atoms with Crippen molar-refractivity contribution in [3.63, 3.8) is 0 Å². The van der Waals surface area contributed by atoms with Gasteiger partial charge in [0, 0.05) is 28.9 Å². The van der Waals surface area contributed by atoms with Gasteiger partial charge in [0.05, 0.1) is 12.1 Å². The highest BCUT2D eigenvalue weighted by atomic mass is 32.1. The van der Waals surface area contributed by atoms with Crippen molar-refractivity contribution in [2.75, 3.05) is 5.32 Å². The fourth-order valence-electron chi connectivity index (χ4n) is 2.67. The molecule has 4 nitrogen and oxygen atoms in total. The van der Waals surface area contributed by atoms with E-state index >= 15 is 0 Å². The number of hydrogen-bond donors (Lipinski definition) is 1. The van der Waals surface area contributed by atoms with Crippen LogP contribution in [-0.2, 0) is 17.8 Å². The highest BCUT2D eigenvalue weighted by Gasteiger charge is 2.14. The summed E-state index contributed by atoms with van der Waals surface area (Å²) in [6, 6.07) is 4.09. The third-order valence-electron chi connectivity index (χ3n) is 3.86. The molecule has 0 saturated carbocycles.